The van der Waals surface area contributed by atoms with E-state index in [1.54, 1.807) is 18.3 Å². The van der Waals surface area contributed by atoms with Crippen LogP contribution in [0.2, 0.25) is 5.02 Å². The Labute approximate surface area is 193 Å². The molecule has 4 nitrogen and oxygen atoms in total. The lowest BCUT2D eigenvalue weighted by atomic mass is 10.0. The second-order valence-corrected chi connectivity index (χ2v) is 8.19. The number of hydrogen-bond acceptors (Lipinski definition) is 4. The monoisotopic (exact) mass is 451 g/mol. The van der Waals surface area contributed by atoms with Crippen molar-refractivity contribution in [2.75, 3.05) is 0 Å². The molecule has 31 heavy (non-hydrogen) atoms. The van der Waals surface area contributed by atoms with Crippen LogP contribution in [0.5, 0.6) is 0 Å². The van der Waals surface area contributed by atoms with Crippen LogP contribution in [0.1, 0.15) is 45.5 Å². The van der Waals surface area contributed by atoms with E-state index in [4.69, 9.17) is 16.9 Å². The molecule has 1 fully saturated rings. The highest BCUT2D eigenvalue weighted by Gasteiger charge is 2.29. The Morgan fingerprint density at radius 1 is 1.00 bits per heavy atom. The molecule has 3 aromatic rings. The molecule has 0 amide bonds. The van der Waals surface area contributed by atoms with Gasteiger partial charge in [-0.2, -0.15) is 5.26 Å². The van der Waals surface area contributed by atoms with Gasteiger partial charge in [-0.3, -0.25) is 14.7 Å². The van der Waals surface area contributed by atoms with Crippen LogP contribution in [-0.2, 0) is 19.5 Å². The second kappa shape index (κ2) is 10.5. The lowest BCUT2D eigenvalue weighted by Gasteiger charge is -2.22. The maximum atomic E-state index is 12.7. The number of Topliss-reactive ketones (excluding diaryl/α,β-unsaturated/α-hetero) is 1. The van der Waals surface area contributed by atoms with Gasteiger partial charge in [-0.1, -0.05) is 35.9 Å². The van der Waals surface area contributed by atoms with Gasteiger partial charge in [0.15, 0.2) is 5.78 Å². The Bertz CT molecular complexity index is 1070. The molecule has 0 bridgehead atoms. The fraction of sp³-hybridized carbons (Fsp3) is 0.240. The van der Waals surface area contributed by atoms with Gasteiger partial charge in [-0.25, -0.2) is 0 Å². The van der Waals surface area contributed by atoms with Gasteiger partial charge in [0.25, 0.3) is 0 Å². The van der Waals surface area contributed by atoms with E-state index < -0.39 is 0 Å². The van der Waals surface area contributed by atoms with Crippen LogP contribution in [0, 0.1) is 11.3 Å². The average molecular weight is 452 g/mol. The summed E-state index contributed by atoms with van der Waals surface area (Å²) in [6, 6.07) is 19.8. The highest BCUT2D eigenvalue weighted by Crippen LogP contribution is 2.30. The first-order valence-corrected chi connectivity index (χ1v) is 10.4. The third-order valence-corrected chi connectivity index (χ3v) is 5.56. The summed E-state index contributed by atoms with van der Waals surface area (Å²) in [5.41, 5.74) is 4.47. The van der Waals surface area contributed by atoms with Crippen LogP contribution in [0.15, 0.2) is 67.0 Å². The first-order valence-electron chi connectivity index (χ1n) is 10.1. The summed E-state index contributed by atoms with van der Waals surface area (Å²) in [5, 5.41) is 9.64. The van der Waals surface area contributed by atoms with Crippen molar-refractivity contribution in [1.29, 1.82) is 5.26 Å². The molecule has 1 aliphatic rings. The van der Waals surface area contributed by atoms with E-state index in [9.17, 15) is 4.79 Å². The zero-order chi connectivity index (χ0) is 20.9. The molecule has 0 unspecified atom stereocenters. The molecule has 0 radical (unpaired) electrons. The van der Waals surface area contributed by atoms with Crippen molar-refractivity contribution in [3.63, 3.8) is 0 Å². The third-order valence-electron chi connectivity index (χ3n) is 5.31. The molecule has 1 heterocycles. The SMILES string of the molecule is Cl.N#Cc1ccc(CN(Cc2cncc(C(=O)Cc3ccc(Cl)cc3)c2)C2CC2)cc1. The normalized spacial score (nSPS) is 12.8. The number of pyridine rings is 1. The van der Waals surface area contributed by atoms with Crippen LogP contribution in [0.25, 0.3) is 0 Å². The second-order valence-electron chi connectivity index (χ2n) is 7.75. The number of nitrogens with zero attached hydrogens (tertiary/aromatic N) is 3. The molecule has 6 heteroatoms. The number of aromatic nitrogens is 1. The number of nitriles is 1. The average Bonchev–Trinajstić information content (AvgIpc) is 3.61. The highest BCUT2D eigenvalue weighted by molar-refractivity contribution is 6.30. The van der Waals surface area contributed by atoms with E-state index in [1.807, 2.05) is 48.7 Å². The summed E-state index contributed by atoms with van der Waals surface area (Å²) in [6.07, 6.45) is 6.20. The van der Waals surface area contributed by atoms with E-state index in [0.717, 1.165) is 24.2 Å². The topological polar surface area (TPSA) is 57.0 Å². The van der Waals surface area contributed by atoms with Gasteiger partial charge >= 0.3 is 0 Å². The number of benzene rings is 2. The predicted molar refractivity (Wildman–Crippen MR) is 124 cm³/mol. The van der Waals surface area contributed by atoms with E-state index in [-0.39, 0.29) is 18.2 Å². The standard InChI is InChI=1S/C25H22ClN3O.ClH/c26-23-7-5-18(6-8-23)12-25(30)22-11-21(14-28-15-22)17-29(24-9-10-24)16-20-3-1-19(13-27)2-4-20;/h1-8,11,14-15,24H,9-10,12,16-17H2;1H. The lowest BCUT2D eigenvalue weighted by molar-refractivity contribution is 0.0992. The van der Waals surface area contributed by atoms with Gasteiger partial charge in [0.1, 0.15) is 0 Å². The molecular formula is C25H23Cl2N3O. The fourth-order valence-corrected chi connectivity index (χ4v) is 3.65. The highest BCUT2D eigenvalue weighted by atomic mass is 35.5. The number of carbonyl (C=O) groups is 1. The minimum Gasteiger partial charge on any atom is -0.294 e. The summed E-state index contributed by atoms with van der Waals surface area (Å²) in [6.45, 7) is 1.57. The van der Waals surface area contributed by atoms with E-state index in [0.29, 0.717) is 28.6 Å². The number of halogens is 2. The first kappa shape index (κ1) is 23.0. The van der Waals surface area contributed by atoms with Crippen LogP contribution in [0.4, 0.5) is 0 Å². The van der Waals surface area contributed by atoms with E-state index in [2.05, 4.69) is 16.0 Å². The summed E-state index contributed by atoms with van der Waals surface area (Å²) in [7, 11) is 0. The molecule has 158 valence electrons. The molecule has 0 spiro atoms. The van der Waals surface area contributed by atoms with Crippen LogP contribution in [-0.4, -0.2) is 21.7 Å². The van der Waals surface area contributed by atoms with Crippen molar-refractivity contribution in [2.24, 2.45) is 0 Å². The third kappa shape index (κ3) is 6.38. The van der Waals surface area contributed by atoms with Crippen molar-refractivity contribution in [2.45, 2.75) is 38.4 Å². The van der Waals surface area contributed by atoms with Gasteiger partial charge in [0.2, 0.25) is 0 Å². The summed E-state index contributed by atoms with van der Waals surface area (Å²) in [4.78, 5) is 19.5. The Morgan fingerprint density at radius 3 is 2.29 bits per heavy atom. The van der Waals surface area contributed by atoms with Crippen molar-refractivity contribution >= 4 is 29.8 Å². The van der Waals surface area contributed by atoms with Crippen LogP contribution < -0.4 is 0 Å². The minimum absolute atomic E-state index is 0. The van der Waals surface area contributed by atoms with Gasteiger partial charge < -0.3 is 0 Å². The molecule has 0 aliphatic heterocycles. The fourth-order valence-electron chi connectivity index (χ4n) is 3.52. The van der Waals surface area contributed by atoms with Crippen molar-refractivity contribution < 1.29 is 4.79 Å². The molecule has 4 rings (SSSR count). The van der Waals surface area contributed by atoms with Gasteiger partial charge in [-0.15, -0.1) is 12.4 Å². The zero-order valence-corrected chi connectivity index (χ0v) is 18.6. The molecule has 1 saturated carbocycles. The predicted octanol–water partition coefficient (Wildman–Crippen LogP) is 5.62. The Hall–Kier alpha value is -2.71. The number of carbonyl (C=O) groups excluding carboxylic acids is 1. The van der Waals surface area contributed by atoms with E-state index in [1.165, 1.54) is 18.4 Å². The molecular weight excluding hydrogens is 429 g/mol. The first-order chi connectivity index (χ1) is 14.6. The van der Waals surface area contributed by atoms with Gasteiger partial charge in [-0.05, 0) is 59.9 Å². The van der Waals surface area contributed by atoms with Crippen LogP contribution in [0.3, 0.4) is 0 Å². The molecule has 0 atom stereocenters. The minimum atomic E-state index is 0. The van der Waals surface area contributed by atoms with Gasteiger partial charge in [0, 0.05) is 48.5 Å². The molecule has 1 aliphatic carbocycles. The Kier molecular flexibility index (Phi) is 7.81. The maximum absolute atomic E-state index is 12.7. The van der Waals surface area contributed by atoms with E-state index >= 15 is 0 Å². The molecule has 1 aromatic heterocycles. The number of ketones is 1. The number of rotatable bonds is 8. The lowest BCUT2D eigenvalue weighted by Crippen LogP contribution is -2.25. The summed E-state index contributed by atoms with van der Waals surface area (Å²) >= 11 is 5.92. The largest absolute Gasteiger partial charge is 0.294 e. The Morgan fingerprint density at radius 2 is 1.65 bits per heavy atom. The van der Waals surface area contributed by atoms with Crippen molar-refractivity contribution in [1.82, 2.24) is 9.88 Å². The quantitative estimate of drug-likeness (QED) is 0.417. The smallest absolute Gasteiger partial charge is 0.168 e. The number of hydrogen-bond donors (Lipinski definition) is 0. The zero-order valence-electron chi connectivity index (χ0n) is 17.0. The van der Waals surface area contributed by atoms with Crippen molar-refractivity contribution in [3.8, 4) is 6.07 Å². The maximum Gasteiger partial charge on any atom is 0.168 e. The van der Waals surface area contributed by atoms with Crippen molar-refractivity contribution in [3.05, 3.63) is 99.8 Å². The summed E-state index contributed by atoms with van der Waals surface area (Å²) < 4.78 is 0. The molecule has 0 N–H and O–H groups in total. The van der Waals surface area contributed by atoms with Gasteiger partial charge in [0.05, 0.1) is 11.6 Å². The Balaban J connectivity index is 0.00000272. The molecule has 0 saturated heterocycles. The summed E-state index contributed by atoms with van der Waals surface area (Å²) in [5.74, 6) is 0.0525. The van der Waals surface area contributed by atoms with Crippen LogP contribution >= 0.6 is 24.0 Å². The molecule has 2 aromatic carbocycles.